The van der Waals surface area contributed by atoms with E-state index in [2.05, 4.69) is 15.3 Å². The molecule has 0 saturated heterocycles. The third-order valence-corrected chi connectivity index (χ3v) is 3.97. The monoisotopic (exact) mass is 286 g/mol. The maximum atomic E-state index is 10.9. The van der Waals surface area contributed by atoms with Crippen molar-refractivity contribution in [3.63, 3.8) is 0 Å². The van der Waals surface area contributed by atoms with Crippen molar-refractivity contribution in [1.82, 2.24) is 9.97 Å². The number of hydrogen-bond acceptors (Lipinski definition) is 5. The Bertz CT molecular complexity index is 681. The van der Waals surface area contributed by atoms with Gasteiger partial charge in [-0.25, -0.2) is 9.97 Å². The van der Waals surface area contributed by atoms with E-state index in [-0.39, 0.29) is 10.6 Å². The average molecular weight is 286 g/mol. The van der Waals surface area contributed by atoms with Gasteiger partial charge in [-0.05, 0) is 25.8 Å². The van der Waals surface area contributed by atoms with Gasteiger partial charge in [0.05, 0.1) is 10.4 Å². The molecule has 1 fully saturated rings. The average Bonchev–Trinajstić information content (AvgIpc) is 3.01. The summed E-state index contributed by atoms with van der Waals surface area (Å²) in [6.45, 7) is 2.71. The molecule has 0 bridgehead atoms. The fourth-order valence-corrected chi connectivity index (χ4v) is 2.92. The molecule has 1 aromatic carbocycles. The van der Waals surface area contributed by atoms with E-state index in [9.17, 15) is 10.1 Å². The van der Waals surface area contributed by atoms with E-state index in [0.29, 0.717) is 17.1 Å². The molecule has 6 nitrogen and oxygen atoms in total. The van der Waals surface area contributed by atoms with E-state index >= 15 is 0 Å². The SMILES string of the molecule is CCNc1nc(C2CCCC2)nc2ccc([N+](=O)[O-])cc12. The van der Waals surface area contributed by atoms with Gasteiger partial charge in [-0.15, -0.1) is 0 Å². The largest absolute Gasteiger partial charge is 0.370 e. The van der Waals surface area contributed by atoms with Crippen LogP contribution in [0.2, 0.25) is 0 Å². The lowest BCUT2D eigenvalue weighted by Crippen LogP contribution is -2.07. The second-order valence-corrected chi connectivity index (χ2v) is 5.40. The summed E-state index contributed by atoms with van der Waals surface area (Å²) in [6, 6.07) is 4.77. The Morgan fingerprint density at radius 1 is 1.33 bits per heavy atom. The highest BCUT2D eigenvalue weighted by Crippen LogP contribution is 2.34. The lowest BCUT2D eigenvalue weighted by atomic mass is 10.1. The molecule has 1 aliphatic rings. The Balaban J connectivity index is 2.13. The van der Waals surface area contributed by atoms with Crippen LogP contribution in [0.4, 0.5) is 11.5 Å². The van der Waals surface area contributed by atoms with Crippen LogP contribution >= 0.6 is 0 Å². The molecule has 1 saturated carbocycles. The summed E-state index contributed by atoms with van der Waals surface area (Å²) in [4.78, 5) is 19.8. The molecule has 3 rings (SSSR count). The van der Waals surface area contributed by atoms with Gasteiger partial charge in [-0.3, -0.25) is 10.1 Å². The maximum absolute atomic E-state index is 10.9. The van der Waals surface area contributed by atoms with Crippen LogP contribution in [0.5, 0.6) is 0 Å². The second kappa shape index (κ2) is 5.63. The third-order valence-electron chi connectivity index (χ3n) is 3.97. The number of fused-ring (bicyclic) bond motifs is 1. The maximum Gasteiger partial charge on any atom is 0.270 e. The number of hydrogen-bond donors (Lipinski definition) is 1. The molecule has 0 aliphatic heterocycles. The molecule has 1 aromatic heterocycles. The Morgan fingerprint density at radius 2 is 2.10 bits per heavy atom. The minimum Gasteiger partial charge on any atom is -0.370 e. The van der Waals surface area contributed by atoms with E-state index in [0.717, 1.165) is 30.7 Å². The van der Waals surface area contributed by atoms with Crippen LogP contribution in [-0.2, 0) is 0 Å². The van der Waals surface area contributed by atoms with Gasteiger partial charge in [0.15, 0.2) is 0 Å². The van der Waals surface area contributed by atoms with Crippen molar-refractivity contribution in [1.29, 1.82) is 0 Å². The van der Waals surface area contributed by atoms with Gasteiger partial charge in [-0.1, -0.05) is 12.8 Å². The zero-order valence-corrected chi connectivity index (χ0v) is 12.0. The molecule has 1 aliphatic carbocycles. The number of nitro groups is 1. The van der Waals surface area contributed by atoms with Crippen molar-refractivity contribution < 1.29 is 4.92 Å². The van der Waals surface area contributed by atoms with Crippen molar-refractivity contribution in [3.05, 3.63) is 34.1 Å². The summed E-state index contributed by atoms with van der Waals surface area (Å²) in [5.74, 6) is 1.99. The van der Waals surface area contributed by atoms with Gasteiger partial charge in [-0.2, -0.15) is 0 Å². The first-order valence-electron chi connectivity index (χ1n) is 7.39. The zero-order valence-electron chi connectivity index (χ0n) is 12.0. The Morgan fingerprint density at radius 3 is 2.76 bits per heavy atom. The first-order valence-corrected chi connectivity index (χ1v) is 7.39. The highest BCUT2D eigenvalue weighted by Gasteiger charge is 2.22. The molecule has 0 unspecified atom stereocenters. The molecule has 1 heterocycles. The van der Waals surface area contributed by atoms with Crippen molar-refractivity contribution >= 4 is 22.4 Å². The van der Waals surface area contributed by atoms with Gasteiger partial charge in [0.25, 0.3) is 5.69 Å². The zero-order chi connectivity index (χ0) is 14.8. The molecule has 2 aromatic rings. The predicted octanol–water partition coefficient (Wildman–Crippen LogP) is 3.63. The van der Waals surface area contributed by atoms with Crippen LogP contribution in [0.3, 0.4) is 0 Å². The number of nitrogens with one attached hydrogen (secondary N) is 1. The number of nitro benzene ring substituents is 1. The first-order chi connectivity index (χ1) is 10.2. The fourth-order valence-electron chi connectivity index (χ4n) is 2.92. The highest BCUT2D eigenvalue weighted by atomic mass is 16.6. The van der Waals surface area contributed by atoms with Crippen molar-refractivity contribution in [2.75, 3.05) is 11.9 Å². The summed E-state index contributed by atoms with van der Waals surface area (Å²) >= 11 is 0. The van der Waals surface area contributed by atoms with E-state index in [4.69, 9.17) is 0 Å². The molecule has 1 N–H and O–H groups in total. The molecule has 0 radical (unpaired) electrons. The molecule has 0 spiro atoms. The van der Waals surface area contributed by atoms with Crippen LogP contribution in [0.15, 0.2) is 18.2 Å². The van der Waals surface area contributed by atoms with Crippen molar-refractivity contribution in [2.45, 2.75) is 38.5 Å². The molecular weight excluding hydrogens is 268 g/mol. The Kier molecular flexibility index (Phi) is 3.68. The number of benzene rings is 1. The highest BCUT2D eigenvalue weighted by molar-refractivity contribution is 5.90. The minimum atomic E-state index is -0.389. The summed E-state index contributed by atoms with van der Waals surface area (Å²) in [5.41, 5.74) is 0.840. The van der Waals surface area contributed by atoms with Crippen LogP contribution in [0.25, 0.3) is 10.9 Å². The van der Waals surface area contributed by atoms with Crippen LogP contribution in [-0.4, -0.2) is 21.4 Å². The second-order valence-electron chi connectivity index (χ2n) is 5.40. The molecule has 0 atom stereocenters. The van der Waals surface area contributed by atoms with Gasteiger partial charge in [0.2, 0.25) is 0 Å². The number of nitrogens with zero attached hydrogens (tertiary/aromatic N) is 3. The smallest absolute Gasteiger partial charge is 0.270 e. The summed E-state index contributed by atoms with van der Waals surface area (Å²) in [6.07, 6.45) is 4.71. The number of rotatable bonds is 4. The van der Waals surface area contributed by atoms with Gasteiger partial charge < -0.3 is 5.32 Å². The number of anilines is 1. The lowest BCUT2D eigenvalue weighted by Gasteiger charge is -2.13. The predicted molar refractivity (Wildman–Crippen MR) is 81.6 cm³/mol. The van der Waals surface area contributed by atoms with Gasteiger partial charge in [0.1, 0.15) is 11.6 Å². The lowest BCUT2D eigenvalue weighted by molar-refractivity contribution is -0.384. The molecule has 21 heavy (non-hydrogen) atoms. The Hall–Kier alpha value is -2.24. The number of non-ortho nitro benzene ring substituents is 1. The topological polar surface area (TPSA) is 81.0 Å². The number of aromatic nitrogens is 2. The quantitative estimate of drug-likeness (QED) is 0.685. The summed E-state index contributed by atoms with van der Waals surface area (Å²) in [7, 11) is 0. The van der Waals surface area contributed by atoms with Crippen molar-refractivity contribution in [3.8, 4) is 0 Å². The van der Waals surface area contributed by atoms with Crippen LogP contribution < -0.4 is 5.32 Å². The molecule has 6 heteroatoms. The summed E-state index contributed by atoms with van der Waals surface area (Å²) in [5, 5.41) is 14.9. The minimum absolute atomic E-state index is 0.0684. The third kappa shape index (κ3) is 2.66. The molecular formula is C15H18N4O2. The summed E-state index contributed by atoms with van der Waals surface area (Å²) < 4.78 is 0. The van der Waals surface area contributed by atoms with Crippen LogP contribution in [0, 0.1) is 10.1 Å². The first kappa shape index (κ1) is 13.7. The van der Waals surface area contributed by atoms with E-state index in [1.54, 1.807) is 12.1 Å². The molecule has 110 valence electrons. The van der Waals surface area contributed by atoms with Crippen LogP contribution in [0.1, 0.15) is 44.3 Å². The van der Waals surface area contributed by atoms with Gasteiger partial charge in [0, 0.05) is 30.0 Å². The van der Waals surface area contributed by atoms with Gasteiger partial charge >= 0.3 is 0 Å². The molecule has 0 amide bonds. The van der Waals surface area contributed by atoms with E-state index < -0.39 is 0 Å². The van der Waals surface area contributed by atoms with E-state index in [1.807, 2.05) is 6.92 Å². The standard InChI is InChI=1S/C15H18N4O2/c1-2-16-15-12-9-11(19(20)21)7-8-13(12)17-14(18-15)10-5-3-4-6-10/h7-10H,2-6H2,1H3,(H,16,17,18). The Labute approximate surface area is 122 Å². The van der Waals surface area contributed by atoms with Crippen molar-refractivity contribution in [2.24, 2.45) is 0 Å². The normalized spacial score (nSPS) is 15.5. The fraction of sp³-hybridized carbons (Fsp3) is 0.467. The van der Waals surface area contributed by atoms with E-state index in [1.165, 1.54) is 18.9 Å².